The summed E-state index contributed by atoms with van der Waals surface area (Å²) in [6.07, 6.45) is 5.85. The monoisotopic (exact) mass is 332 g/mol. The molecule has 1 aliphatic carbocycles. The number of hydrogen-bond acceptors (Lipinski definition) is 5. The van der Waals surface area contributed by atoms with Gasteiger partial charge in [0.2, 0.25) is 5.89 Å². The maximum absolute atomic E-state index is 12.3. The average molecular weight is 332 g/mol. The largest absolute Gasteiger partial charge is 0.337 e. The number of aromatic nitrogens is 4. The van der Waals surface area contributed by atoms with Gasteiger partial charge in [-0.2, -0.15) is 10.1 Å². The smallest absolute Gasteiger partial charge is 0.315 e. The molecule has 2 aromatic heterocycles. The third kappa shape index (κ3) is 3.74. The summed E-state index contributed by atoms with van der Waals surface area (Å²) in [5.74, 6) is 1.78. The summed E-state index contributed by atoms with van der Waals surface area (Å²) in [4.78, 5) is 16.8. The predicted octanol–water partition coefficient (Wildman–Crippen LogP) is 2.44. The molecule has 1 saturated carbocycles. The van der Waals surface area contributed by atoms with Gasteiger partial charge in [0.1, 0.15) is 6.04 Å². The van der Waals surface area contributed by atoms with E-state index in [0.29, 0.717) is 11.8 Å². The van der Waals surface area contributed by atoms with Crippen molar-refractivity contribution in [3.05, 3.63) is 29.7 Å². The number of nitrogens with zero attached hydrogens (tertiary/aromatic N) is 4. The molecular weight excluding hydrogens is 308 g/mol. The maximum atomic E-state index is 12.3. The van der Waals surface area contributed by atoms with Crippen LogP contribution in [0.25, 0.3) is 0 Å². The zero-order chi connectivity index (χ0) is 17.3. The van der Waals surface area contributed by atoms with E-state index in [0.717, 1.165) is 24.2 Å². The van der Waals surface area contributed by atoms with E-state index in [4.69, 9.17) is 4.52 Å². The lowest BCUT2D eigenvalue weighted by atomic mass is 10.0. The molecular formula is C16H24N6O2. The van der Waals surface area contributed by atoms with E-state index in [-0.39, 0.29) is 24.0 Å². The Bertz CT molecular complexity index is 703. The third-order valence-corrected chi connectivity index (χ3v) is 4.19. The van der Waals surface area contributed by atoms with Crippen LogP contribution in [0.3, 0.4) is 0 Å². The lowest BCUT2D eigenvalue weighted by Gasteiger charge is -2.20. The number of aryl methyl sites for hydroxylation is 1. The van der Waals surface area contributed by atoms with Crippen molar-refractivity contribution in [2.45, 2.75) is 51.6 Å². The van der Waals surface area contributed by atoms with E-state index in [9.17, 15) is 4.79 Å². The molecule has 0 aliphatic heterocycles. The Hall–Kier alpha value is -2.38. The molecule has 2 amide bonds. The summed E-state index contributed by atoms with van der Waals surface area (Å²) in [6, 6.07) is -0.724. The van der Waals surface area contributed by atoms with Crippen LogP contribution in [0.1, 0.15) is 68.9 Å². The van der Waals surface area contributed by atoms with E-state index in [1.807, 2.05) is 34.0 Å². The van der Waals surface area contributed by atoms with E-state index in [1.54, 1.807) is 10.9 Å². The Morgan fingerprint density at radius 3 is 2.67 bits per heavy atom. The molecule has 2 heterocycles. The van der Waals surface area contributed by atoms with Crippen molar-refractivity contribution in [2.24, 2.45) is 13.0 Å². The molecule has 0 radical (unpaired) electrons. The first-order valence-corrected chi connectivity index (χ1v) is 8.33. The fourth-order valence-electron chi connectivity index (χ4n) is 2.52. The molecule has 0 aromatic carbocycles. The first kappa shape index (κ1) is 16.5. The van der Waals surface area contributed by atoms with Crippen LogP contribution in [0, 0.1) is 5.92 Å². The Morgan fingerprint density at radius 1 is 1.33 bits per heavy atom. The molecule has 130 valence electrons. The molecule has 24 heavy (non-hydrogen) atoms. The summed E-state index contributed by atoms with van der Waals surface area (Å²) in [7, 11) is 1.85. The minimum absolute atomic E-state index is 0.136. The molecule has 2 atom stereocenters. The minimum Gasteiger partial charge on any atom is -0.337 e. The van der Waals surface area contributed by atoms with Crippen LogP contribution in [-0.2, 0) is 7.05 Å². The standard InChI is InChI=1S/C16H24N6O2/c1-9(2)13(15-20-14(21-24-15)11-5-6-11)19-16(23)18-10(3)12-7-17-22(4)8-12/h7-11,13H,5-6H2,1-4H3,(H2,18,19,23)/t10-,13+/m0/s1. The fraction of sp³-hybridized carbons (Fsp3) is 0.625. The Labute approximate surface area is 141 Å². The molecule has 8 heteroatoms. The number of nitrogens with one attached hydrogen (secondary N) is 2. The molecule has 3 rings (SSSR count). The van der Waals surface area contributed by atoms with Crippen molar-refractivity contribution in [2.75, 3.05) is 0 Å². The number of rotatable bonds is 6. The fourth-order valence-corrected chi connectivity index (χ4v) is 2.52. The van der Waals surface area contributed by atoms with Crippen molar-refractivity contribution in [1.29, 1.82) is 0 Å². The highest BCUT2D eigenvalue weighted by Gasteiger charge is 2.31. The average Bonchev–Trinajstić information content (AvgIpc) is 3.09. The predicted molar refractivity (Wildman–Crippen MR) is 87.1 cm³/mol. The van der Waals surface area contributed by atoms with Crippen LogP contribution < -0.4 is 10.6 Å². The molecule has 2 aromatic rings. The highest BCUT2D eigenvalue weighted by atomic mass is 16.5. The molecule has 2 N–H and O–H groups in total. The van der Waals surface area contributed by atoms with E-state index >= 15 is 0 Å². The van der Waals surface area contributed by atoms with Gasteiger partial charge in [0.25, 0.3) is 0 Å². The molecule has 0 unspecified atom stereocenters. The second kappa shape index (κ2) is 6.62. The van der Waals surface area contributed by atoms with Crippen LogP contribution in [0.2, 0.25) is 0 Å². The number of hydrogen-bond donors (Lipinski definition) is 2. The molecule has 0 bridgehead atoms. The van der Waals surface area contributed by atoms with Gasteiger partial charge in [0, 0.05) is 24.7 Å². The van der Waals surface area contributed by atoms with Crippen molar-refractivity contribution < 1.29 is 9.32 Å². The summed E-state index contributed by atoms with van der Waals surface area (Å²) < 4.78 is 7.07. The number of carbonyl (C=O) groups is 1. The second-order valence-electron chi connectivity index (χ2n) is 6.77. The lowest BCUT2D eigenvalue weighted by molar-refractivity contribution is 0.222. The summed E-state index contributed by atoms with van der Waals surface area (Å²) in [5, 5.41) is 14.0. The van der Waals surface area contributed by atoms with Crippen molar-refractivity contribution >= 4 is 6.03 Å². The Kier molecular flexibility index (Phi) is 4.55. The zero-order valence-electron chi connectivity index (χ0n) is 14.5. The number of urea groups is 1. The topological polar surface area (TPSA) is 97.9 Å². The van der Waals surface area contributed by atoms with Gasteiger partial charge in [-0.1, -0.05) is 19.0 Å². The number of carbonyl (C=O) groups excluding carboxylic acids is 1. The summed E-state index contributed by atoms with van der Waals surface area (Å²) >= 11 is 0. The van der Waals surface area contributed by atoms with Crippen molar-refractivity contribution in [1.82, 2.24) is 30.6 Å². The van der Waals surface area contributed by atoms with Gasteiger partial charge >= 0.3 is 6.03 Å². The molecule has 0 spiro atoms. The van der Waals surface area contributed by atoms with Crippen LogP contribution in [0.4, 0.5) is 4.79 Å². The zero-order valence-corrected chi connectivity index (χ0v) is 14.5. The highest BCUT2D eigenvalue weighted by Crippen LogP contribution is 2.38. The van der Waals surface area contributed by atoms with Crippen LogP contribution in [0.15, 0.2) is 16.9 Å². The Morgan fingerprint density at radius 2 is 2.08 bits per heavy atom. The highest BCUT2D eigenvalue weighted by molar-refractivity contribution is 5.74. The quantitative estimate of drug-likeness (QED) is 0.846. The lowest BCUT2D eigenvalue weighted by Crippen LogP contribution is -2.40. The second-order valence-corrected chi connectivity index (χ2v) is 6.77. The minimum atomic E-state index is -0.314. The van der Waals surface area contributed by atoms with Gasteiger partial charge in [-0.15, -0.1) is 0 Å². The maximum Gasteiger partial charge on any atom is 0.315 e. The molecule has 0 saturated heterocycles. The van der Waals surface area contributed by atoms with Crippen molar-refractivity contribution in [3.8, 4) is 0 Å². The molecule has 1 fully saturated rings. The SMILES string of the molecule is CC(C)[C@@H](NC(=O)N[C@@H](C)c1cnn(C)c1)c1nc(C2CC2)no1. The summed E-state index contributed by atoms with van der Waals surface area (Å²) in [6.45, 7) is 5.94. The Balaban J connectivity index is 1.62. The van der Waals surface area contributed by atoms with Crippen molar-refractivity contribution in [3.63, 3.8) is 0 Å². The van der Waals surface area contributed by atoms with Crippen LogP contribution >= 0.6 is 0 Å². The van der Waals surface area contributed by atoms with Gasteiger partial charge in [-0.3, -0.25) is 4.68 Å². The molecule has 8 nitrogen and oxygen atoms in total. The molecule has 1 aliphatic rings. The summed E-state index contributed by atoms with van der Waals surface area (Å²) in [5.41, 5.74) is 0.947. The first-order valence-electron chi connectivity index (χ1n) is 8.33. The first-order chi connectivity index (χ1) is 11.4. The van der Waals surface area contributed by atoms with Crippen LogP contribution in [-0.4, -0.2) is 26.0 Å². The van der Waals surface area contributed by atoms with E-state index < -0.39 is 0 Å². The normalized spacial score (nSPS) is 16.9. The van der Waals surface area contributed by atoms with Gasteiger partial charge in [-0.05, 0) is 25.7 Å². The van der Waals surface area contributed by atoms with Gasteiger partial charge in [0.05, 0.1) is 12.2 Å². The third-order valence-electron chi connectivity index (χ3n) is 4.19. The van der Waals surface area contributed by atoms with Gasteiger partial charge < -0.3 is 15.2 Å². The number of amides is 2. The van der Waals surface area contributed by atoms with Gasteiger partial charge in [-0.25, -0.2) is 4.79 Å². The van der Waals surface area contributed by atoms with E-state index in [2.05, 4.69) is 25.9 Å². The van der Waals surface area contributed by atoms with Crippen LogP contribution in [0.5, 0.6) is 0 Å². The van der Waals surface area contributed by atoms with Gasteiger partial charge in [0.15, 0.2) is 5.82 Å². The van der Waals surface area contributed by atoms with E-state index in [1.165, 1.54) is 0 Å².